The summed E-state index contributed by atoms with van der Waals surface area (Å²) in [6, 6.07) is 4.45. The maximum absolute atomic E-state index is 13.5. The van der Waals surface area contributed by atoms with Crippen molar-refractivity contribution >= 4 is 17.7 Å². The van der Waals surface area contributed by atoms with Crippen molar-refractivity contribution in [2.45, 2.75) is 51.3 Å². The van der Waals surface area contributed by atoms with Crippen molar-refractivity contribution in [3.63, 3.8) is 0 Å². The van der Waals surface area contributed by atoms with Crippen molar-refractivity contribution < 1.29 is 23.5 Å². The zero-order valence-electron chi connectivity index (χ0n) is 20.0. The summed E-state index contributed by atoms with van der Waals surface area (Å²) < 4.78 is 19.3. The molecule has 0 bridgehead atoms. The van der Waals surface area contributed by atoms with Gasteiger partial charge in [0.05, 0.1) is 12.1 Å². The average molecular weight is 475 g/mol. The molecule has 1 aromatic rings. The van der Waals surface area contributed by atoms with Gasteiger partial charge in [-0.25, -0.2) is 4.39 Å². The highest BCUT2D eigenvalue weighted by Gasteiger charge is 2.45. The lowest BCUT2D eigenvalue weighted by Crippen LogP contribution is -2.53. The van der Waals surface area contributed by atoms with Crippen LogP contribution in [-0.2, 0) is 14.3 Å². The van der Waals surface area contributed by atoms with Gasteiger partial charge in [0.2, 0.25) is 11.8 Å². The molecule has 3 saturated heterocycles. The molecule has 3 amide bonds. The number of carbonyl (C=O) groups excluding carboxylic acids is 3. The van der Waals surface area contributed by atoms with E-state index in [0.29, 0.717) is 51.3 Å². The van der Waals surface area contributed by atoms with E-state index in [2.05, 4.69) is 5.32 Å². The smallest absolute Gasteiger partial charge is 0.254 e. The summed E-state index contributed by atoms with van der Waals surface area (Å²) in [5, 5.41) is 3.24. The van der Waals surface area contributed by atoms with Crippen LogP contribution in [0.25, 0.3) is 0 Å². The monoisotopic (exact) mass is 474 g/mol. The molecule has 34 heavy (non-hydrogen) atoms. The largest absolute Gasteiger partial charge is 0.376 e. The highest BCUT2D eigenvalue weighted by atomic mass is 19.1. The first-order chi connectivity index (χ1) is 16.3. The third kappa shape index (κ3) is 5.41. The van der Waals surface area contributed by atoms with Crippen LogP contribution in [0, 0.1) is 11.7 Å². The number of hydrogen-bond donors (Lipinski definition) is 1. The Morgan fingerprint density at radius 1 is 1.18 bits per heavy atom. The van der Waals surface area contributed by atoms with Crippen LogP contribution in [0.4, 0.5) is 4.39 Å². The summed E-state index contributed by atoms with van der Waals surface area (Å²) >= 11 is 0. The maximum Gasteiger partial charge on any atom is 0.254 e. The number of halogens is 1. The molecule has 0 spiro atoms. The summed E-state index contributed by atoms with van der Waals surface area (Å²) in [7, 11) is 0. The van der Waals surface area contributed by atoms with Gasteiger partial charge in [-0.15, -0.1) is 0 Å². The second kappa shape index (κ2) is 10.8. The fourth-order valence-corrected chi connectivity index (χ4v) is 5.11. The van der Waals surface area contributed by atoms with Gasteiger partial charge in [0.25, 0.3) is 5.91 Å². The lowest BCUT2D eigenvalue weighted by Gasteiger charge is -2.32. The number of nitrogens with one attached hydrogen (secondary N) is 1. The summed E-state index contributed by atoms with van der Waals surface area (Å²) in [5.74, 6) is -1.02. The predicted octanol–water partition coefficient (Wildman–Crippen LogP) is 1.50. The molecule has 3 aliphatic rings. The number of benzene rings is 1. The Morgan fingerprint density at radius 2 is 1.88 bits per heavy atom. The normalized spacial score (nSPS) is 25.1. The zero-order chi connectivity index (χ0) is 24.2. The summed E-state index contributed by atoms with van der Waals surface area (Å²) in [5.41, 5.74) is 0.334. The van der Waals surface area contributed by atoms with Gasteiger partial charge in [0, 0.05) is 57.4 Å². The molecule has 1 aromatic carbocycles. The van der Waals surface area contributed by atoms with E-state index in [-0.39, 0.29) is 42.3 Å². The zero-order valence-corrected chi connectivity index (χ0v) is 20.0. The van der Waals surface area contributed by atoms with Crippen molar-refractivity contribution in [2.75, 3.05) is 45.9 Å². The van der Waals surface area contributed by atoms with Gasteiger partial charge in [-0.1, -0.05) is 13.8 Å². The summed E-state index contributed by atoms with van der Waals surface area (Å²) in [4.78, 5) is 45.4. The van der Waals surface area contributed by atoms with Crippen LogP contribution < -0.4 is 5.32 Å². The average Bonchev–Trinajstić information content (AvgIpc) is 3.52. The highest BCUT2D eigenvalue weighted by molar-refractivity contribution is 5.98. The van der Waals surface area contributed by atoms with E-state index in [9.17, 15) is 18.8 Å². The number of likely N-dealkylation sites (tertiary alicyclic amines) is 1. The molecular formula is C25H35FN4O4. The second-order valence-electron chi connectivity index (χ2n) is 9.73. The Kier molecular flexibility index (Phi) is 7.83. The van der Waals surface area contributed by atoms with Gasteiger partial charge >= 0.3 is 0 Å². The lowest BCUT2D eigenvalue weighted by molar-refractivity contribution is -0.139. The molecule has 8 nitrogen and oxygen atoms in total. The van der Waals surface area contributed by atoms with Gasteiger partial charge in [-0.2, -0.15) is 0 Å². The summed E-state index contributed by atoms with van der Waals surface area (Å²) in [6.45, 7) is 7.76. The maximum atomic E-state index is 13.5. The van der Waals surface area contributed by atoms with Gasteiger partial charge in [-0.05, 0) is 43.5 Å². The van der Waals surface area contributed by atoms with E-state index in [1.165, 1.54) is 24.3 Å². The molecular weight excluding hydrogens is 439 g/mol. The Labute approximate surface area is 200 Å². The Morgan fingerprint density at radius 3 is 2.50 bits per heavy atom. The molecule has 0 aliphatic carbocycles. The molecule has 3 atom stereocenters. The first-order valence-electron chi connectivity index (χ1n) is 12.3. The number of rotatable bonds is 6. The molecule has 4 rings (SSSR count). The number of amides is 3. The van der Waals surface area contributed by atoms with Crippen LogP contribution in [0.5, 0.6) is 0 Å². The molecule has 1 N–H and O–H groups in total. The molecule has 0 radical (unpaired) electrons. The second-order valence-corrected chi connectivity index (χ2v) is 9.73. The van der Waals surface area contributed by atoms with Crippen molar-refractivity contribution in [3.05, 3.63) is 35.6 Å². The van der Waals surface area contributed by atoms with Gasteiger partial charge in [0.15, 0.2) is 0 Å². The topological polar surface area (TPSA) is 82.2 Å². The highest BCUT2D eigenvalue weighted by Crippen LogP contribution is 2.28. The molecule has 0 saturated carbocycles. The molecule has 3 heterocycles. The predicted molar refractivity (Wildman–Crippen MR) is 125 cm³/mol. The fraction of sp³-hybridized carbons (Fsp3) is 0.640. The minimum absolute atomic E-state index is 0.00459. The molecule has 3 unspecified atom stereocenters. The van der Waals surface area contributed by atoms with Crippen LogP contribution in [0.2, 0.25) is 0 Å². The van der Waals surface area contributed by atoms with Gasteiger partial charge in [0.1, 0.15) is 11.9 Å². The first kappa shape index (κ1) is 24.6. The van der Waals surface area contributed by atoms with Crippen molar-refractivity contribution in [1.29, 1.82) is 0 Å². The van der Waals surface area contributed by atoms with Crippen molar-refractivity contribution in [1.82, 2.24) is 20.0 Å². The van der Waals surface area contributed by atoms with Crippen molar-refractivity contribution in [2.24, 2.45) is 5.92 Å². The Bertz CT molecular complexity index is 881. The van der Waals surface area contributed by atoms with Crippen LogP contribution in [0.3, 0.4) is 0 Å². The standard InChI is InChI=1S/C25H35FN4O4/c1-17(2)23(31)29(16-21-4-3-13-34-21)20-14-22(25(33)28-11-9-27-10-12-28)30(15-20)24(32)18-5-7-19(26)8-6-18/h5-8,17,20-22,27H,3-4,9-16H2,1-2H3. The molecule has 3 aliphatic heterocycles. The number of hydrogen-bond acceptors (Lipinski definition) is 5. The third-order valence-corrected chi connectivity index (χ3v) is 6.99. The lowest BCUT2D eigenvalue weighted by atomic mass is 10.1. The van der Waals surface area contributed by atoms with E-state index >= 15 is 0 Å². The summed E-state index contributed by atoms with van der Waals surface area (Å²) in [6.07, 6.45) is 2.24. The molecule has 3 fully saturated rings. The van der Waals surface area contributed by atoms with Crippen LogP contribution in [-0.4, -0.2) is 96.5 Å². The number of ether oxygens (including phenoxy) is 1. The minimum Gasteiger partial charge on any atom is -0.376 e. The quantitative estimate of drug-likeness (QED) is 0.676. The molecule has 186 valence electrons. The molecule has 9 heteroatoms. The Hall–Kier alpha value is -2.52. The number of nitrogens with zero attached hydrogens (tertiary/aromatic N) is 3. The van der Waals surface area contributed by atoms with E-state index in [1.54, 1.807) is 9.80 Å². The third-order valence-electron chi connectivity index (χ3n) is 6.99. The fourth-order valence-electron chi connectivity index (χ4n) is 5.11. The van der Waals surface area contributed by atoms with Gasteiger partial charge in [-0.3, -0.25) is 14.4 Å². The van der Waals surface area contributed by atoms with Crippen molar-refractivity contribution in [3.8, 4) is 0 Å². The Balaban J connectivity index is 1.60. The first-order valence-corrected chi connectivity index (χ1v) is 12.3. The minimum atomic E-state index is -0.660. The SMILES string of the molecule is CC(C)C(=O)N(CC1CCCO1)C1CC(C(=O)N2CCNCC2)N(C(=O)c2ccc(F)cc2)C1. The van der Waals surface area contributed by atoms with E-state index in [0.717, 1.165) is 12.8 Å². The van der Waals surface area contributed by atoms with Gasteiger partial charge < -0.3 is 24.8 Å². The molecule has 0 aromatic heterocycles. The van der Waals surface area contributed by atoms with E-state index < -0.39 is 11.9 Å². The number of carbonyl (C=O) groups is 3. The van der Waals surface area contributed by atoms with E-state index in [4.69, 9.17) is 4.74 Å². The van der Waals surface area contributed by atoms with Crippen LogP contribution >= 0.6 is 0 Å². The van der Waals surface area contributed by atoms with E-state index in [1.807, 2.05) is 18.7 Å². The van der Waals surface area contributed by atoms with Crippen LogP contribution in [0.15, 0.2) is 24.3 Å². The van der Waals surface area contributed by atoms with Crippen LogP contribution in [0.1, 0.15) is 43.5 Å². The number of piperazine rings is 1.